The summed E-state index contributed by atoms with van der Waals surface area (Å²) in [6.07, 6.45) is 0.534. The molecule has 1 aromatic rings. The molecule has 0 saturated heterocycles. The summed E-state index contributed by atoms with van der Waals surface area (Å²) >= 11 is 0. The smallest absolute Gasteiger partial charge is 0.303 e. The Morgan fingerprint density at radius 2 is 2.38 bits per heavy atom. The Morgan fingerprint density at radius 3 is 3.00 bits per heavy atom. The lowest BCUT2D eigenvalue weighted by Gasteiger charge is -2.01. The maximum Gasteiger partial charge on any atom is 0.303 e. The third-order valence-corrected chi connectivity index (χ3v) is 1.59. The molecule has 0 radical (unpaired) electrons. The number of aliphatic carboxylic acids is 1. The number of ether oxygens (including phenoxy) is 1. The summed E-state index contributed by atoms with van der Waals surface area (Å²) in [5, 5.41) is 8.44. The third-order valence-electron chi connectivity index (χ3n) is 1.59. The van der Waals surface area contributed by atoms with Crippen molar-refractivity contribution in [2.24, 2.45) is 0 Å². The molecular formula is C9H11NO3. The van der Waals surface area contributed by atoms with Crippen molar-refractivity contribution < 1.29 is 14.6 Å². The van der Waals surface area contributed by atoms with Crippen molar-refractivity contribution >= 4 is 5.97 Å². The van der Waals surface area contributed by atoms with E-state index in [1.165, 1.54) is 7.11 Å². The lowest BCUT2D eigenvalue weighted by Crippen LogP contribution is -1.99. The highest BCUT2D eigenvalue weighted by Crippen LogP contribution is 2.07. The average molecular weight is 181 g/mol. The van der Waals surface area contributed by atoms with Crippen LogP contribution in [-0.4, -0.2) is 23.2 Å². The minimum atomic E-state index is -0.815. The van der Waals surface area contributed by atoms with Gasteiger partial charge in [-0.3, -0.25) is 4.79 Å². The lowest BCUT2D eigenvalue weighted by molar-refractivity contribution is -0.136. The number of aryl methyl sites for hydroxylation is 1. The van der Waals surface area contributed by atoms with Gasteiger partial charge in [-0.2, -0.15) is 0 Å². The first-order valence-corrected chi connectivity index (χ1v) is 3.94. The first-order valence-electron chi connectivity index (χ1n) is 3.94. The van der Waals surface area contributed by atoms with Crippen LogP contribution in [0, 0.1) is 0 Å². The summed E-state index contributed by atoms with van der Waals surface area (Å²) in [5.74, 6) is -0.299. The maximum atomic E-state index is 10.3. The Balaban J connectivity index is 2.61. The van der Waals surface area contributed by atoms with E-state index < -0.39 is 5.97 Å². The van der Waals surface area contributed by atoms with Crippen LogP contribution in [-0.2, 0) is 11.2 Å². The van der Waals surface area contributed by atoms with Crippen LogP contribution >= 0.6 is 0 Å². The van der Waals surface area contributed by atoms with Gasteiger partial charge in [-0.1, -0.05) is 6.07 Å². The Morgan fingerprint density at radius 1 is 1.62 bits per heavy atom. The molecular weight excluding hydrogens is 170 g/mol. The summed E-state index contributed by atoms with van der Waals surface area (Å²) in [6, 6.07) is 5.30. The van der Waals surface area contributed by atoms with E-state index in [4.69, 9.17) is 9.84 Å². The van der Waals surface area contributed by atoms with Crippen molar-refractivity contribution in [1.29, 1.82) is 0 Å². The molecule has 0 spiro atoms. The predicted molar refractivity (Wildman–Crippen MR) is 46.7 cm³/mol. The number of nitrogens with zero attached hydrogens (tertiary/aromatic N) is 1. The normalized spacial score (nSPS) is 9.62. The van der Waals surface area contributed by atoms with E-state index >= 15 is 0 Å². The fourth-order valence-electron chi connectivity index (χ4n) is 0.946. The molecule has 1 rings (SSSR count). The molecule has 0 aliphatic rings. The van der Waals surface area contributed by atoms with Crippen molar-refractivity contribution in [3.8, 4) is 5.88 Å². The van der Waals surface area contributed by atoms with E-state index in [2.05, 4.69) is 4.98 Å². The topological polar surface area (TPSA) is 59.4 Å². The van der Waals surface area contributed by atoms with Gasteiger partial charge in [0.05, 0.1) is 13.5 Å². The average Bonchev–Trinajstić information content (AvgIpc) is 2.15. The molecule has 4 heteroatoms. The molecule has 0 aliphatic carbocycles. The zero-order valence-electron chi connectivity index (χ0n) is 7.36. The fourth-order valence-corrected chi connectivity index (χ4v) is 0.946. The number of carboxylic acids is 1. The fraction of sp³-hybridized carbons (Fsp3) is 0.333. The molecule has 0 fully saturated rings. The molecule has 1 aromatic heterocycles. The van der Waals surface area contributed by atoms with Crippen molar-refractivity contribution in [2.45, 2.75) is 12.8 Å². The minimum Gasteiger partial charge on any atom is -0.481 e. The maximum absolute atomic E-state index is 10.3. The Hall–Kier alpha value is -1.58. The quantitative estimate of drug-likeness (QED) is 0.755. The predicted octanol–water partition coefficient (Wildman–Crippen LogP) is 1.11. The number of rotatable bonds is 4. The molecule has 0 saturated carbocycles. The summed E-state index contributed by atoms with van der Waals surface area (Å²) < 4.78 is 4.90. The molecule has 0 amide bonds. The monoisotopic (exact) mass is 181 g/mol. The van der Waals surface area contributed by atoms with E-state index in [1.807, 2.05) is 0 Å². The van der Waals surface area contributed by atoms with Crippen LogP contribution in [0.3, 0.4) is 0 Å². The zero-order chi connectivity index (χ0) is 9.68. The SMILES string of the molecule is COc1cccc(CCC(=O)O)n1. The zero-order valence-corrected chi connectivity index (χ0v) is 7.36. The second-order valence-corrected chi connectivity index (χ2v) is 2.57. The number of pyridine rings is 1. The van der Waals surface area contributed by atoms with E-state index in [1.54, 1.807) is 18.2 Å². The van der Waals surface area contributed by atoms with E-state index in [0.29, 0.717) is 12.3 Å². The third kappa shape index (κ3) is 3.11. The molecule has 13 heavy (non-hydrogen) atoms. The van der Waals surface area contributed by atoms with Gasteiger partial charge in [-0.05, 0) is 6.07 Å². The summed E-state index contributed by atoms with van der Waals surface area (Å²) in [4.78, 5) is 14.3. The van der Waals surface area contributed by atoms with Crippen molar-refractivity contribution in [1.82, 2.24) is 4.98 Å². The summed E-state index contributed by atoms with van der Waals surface area (Å²) in [7, 11) is 1.53. The Labute approximate surface area is 76.2 Å². The Kier molecular flexibility index (Phi) is 3.25. The number of carbonyl (C=O) groups is 1. The second-order valence-electron chi connectivity index (χ2n) is 2.57. The van der Waals surface area contributed by atoms with Gasteiger partial charge in [-0.15, -0.1) is 0 Å². The number of aromatic nitrogens is 1. The Bertz CT molecular complexity index is 299. The first-order chi connectivity index (χ1) is 6.22. The summed E-state index contributed by atoms with van der Waals surface area (Å²) in [5.41, 5.74) is 0.738. The number of carboxylic acid groups (broad SMARTS) is 1. The van der Waals surface area contributed by atoms with Crippen LogP contribution < -0.4 is 4.74 Å². The first kappa shape index (κ1) is 9.51. The molecule has 70 valence electrons. The molecule has 1 N–H and O–H groups in total. The molecule has 0 aliphatic heterocycles. The summed E-state index contributed by atoms with van der Waals surface area (Å²) in [6.45, 7) is 0. The van der Waals surface area contributed by atoms with Gasteiger partial charge in [0.25, 0.3) is 0 Å². The molecule has 1 heterocycles. The van der Waals surface area contributed by atoms with Crippen LogP contribution in [0.25, 0.3) is 0 Å². The largest absolute Gasteiger partial charge is 0.481 e. The molecule has 4 nitrogen and oxygen atoms in total. The highest BCUT2D eigenvalue weighted by atomic mass is 16.5. The standard InChI is InChI=1S/C9H11NO3/c1-13-8-4-2-3-7(10-8)5-6-9(11)12/h2-4H,5-6H2,1H3,(H,11,12). The molecule has 0 atom stereocenters. The van der Waals surface area contributed by atoms with Crippen LogP contribution in [0.4, 0.5) is 0 Å². The van der Waals surface area contributed by atoms with Gasteiger partial charge in [0.1, 0.15) is 0 Å². The van der Waals surface area contributed by atoms with Crippen molar-refractivity contribution in [3.05, 3.63) is 23.9 Å². The number of methoxy groups -OCH3 is 1. The van der Waals surface area contributed by atoms with Gasteiger partial charge >= 0.3 is 5.97 Å². The van der Waals surface area contributed by atoms with Gasteiger partial charge in [-0.25, -0.2) is 4.98 Å². The molecule has 0 aromatic carbocycles. The van der Waals surface area contributed by atoms with Crippen LogP contribution in [0.15, 0.2) is 18.2 Å². The van der Waals surface area contributed by atoms with Crippen molar-refractivity contribution in [3.63, 3.8) is 0 Å². The van der Waals surface area contributed by atoms with Gasteiger partial charge in [0, 0.05) is 18.2 Å². The number of hydrogen-bond acceptors (Lipinski definition) is 3. The van der Waals surface area contributed by atoms with E-state index in [-0.39, 0.29) is 6.42 Å². The highest BCUT2D eigenvalue weighted by Gasteiger charge is 2.01. The lowest BCUT2D eigenvalue weighted by atomic mass is 10.2. The minimum absolute atomic E-state index is 0.0974. The van der Waals surface area contributed by atoms with Gasteiger partial charge in [0.15, 0.2) is 0 Å². The van der Waals surface area contributed by atoms with E-state index in [0.717, 1.165) is 5.69 Å². The number of hydrogen-bond donors (Lipinski definition) is 1. The van der Waals surface area contributed by atoms with Crippen LogP contribution in [0.2, 0.25) is 0 Å². The molecule has 0 bridgehead atoms. The van der Waals surface area contributed by atoms with Gasteiger partial charge < -0.3 is 9.84 Å². The van der Waals surface area contributed by atoms with Crippen LogP contribution in [0.1, 0.15) is 12.1 Å². The van der Waals surface area contributed by atoms with Crippen molar-refractivity contribution in [2.75, 3.05) is 7.11 Å². The van der Waals surface area contributed by atoms with E-state index in [9.17, 15) is 4.79 Å². The second kappa shape index (κ2) is 4.45. The van der Waals surface area contributed by atoms with Crippen LogP contribution in [0.5, 0.6) is 5.88 Å². The van der Waals surface area contributed by atoms with Gasteiger partial charge in [0.2, 0.25) is 5.88 Å². The molecule has 0 unspecified atom stereocenters. The highest BCUT2D eigenvalue weighted by molar-refractivity contribution is 5.66.